The van der Waals surface area contributed by atoms with Gasteiger partial charge in [0.2, 0.25) is 0 Å². The summed E-state index contributed by atoms with van der Waals surface area (Å²) in [6.07, 6.45) is 15.7. The topological polar surface area (TPSA) is 33.1 Å². The van der Waals surface area contributed by atoms with E-state index in [1.807, 2.05) is 18.2 Å². The first kappa shape index (κ1) is 16.6. The maximum absolute atomic E-state index is 9.31. The molecule has 0 saturated carbocycles. The zero-order valence-corrected chi connectivity index (χ0v) is 13.0. The zero-order chi connectivity index (χ0) is 13.3. The molecule has 3 rings (SSSR count). The molecule has 1 aromatic heterocycles. The first-order valence-electron chi connectivity index (χ1n) is 6.70. The smallest absolute Gasteiger partial charge is 0.141 e. The van der Waals surface area contributed by atoms with Crippen LogP contribution in [0.3, 0.4) is 0 Å². The number of phenols is 1. The molecule has 1 N–H and O–H groups in total. The zero-order valence-electron chi connectivity index (χ0n) is 11.3. The quantitative estimate of drug-likeness (QED) is 0.552. The van der Waals surface area contributed by atoms with Gasteiger partial charge in [0, 0.05) is 31.1 Å². The maximum Gasteiger partial charge on any atom is 0.141 e. The van der Waals surface area contributed by atoms with Crippen LogP contribution in [0, 0.1) is 0 Å². The number of allylic oxidation sites excluding steroid dienone is 4. The van der Waals surface area contributed by atoms with Gasteiger partial charge in [0.15, 0.2) is 0 Å². The van der Waals surface area contributed by atoms with Crippen LogP contribution in [-0.4, -0.2) is 10.1 Å². The minimum Gasteiger partial charge on any atom is -0.506 e. The molecule has 1 aliphatic rings. The van der Waals surface area contributed by atoms with E-state index >= 15 is 0 Å². The molecule has 1 radical (unpaired) electrons. The molecule has 0 unspecified atom stereocenters. The van der Waals surface area contributed by atoms with Crippen molar-refractivity contribution in [3.8, 4) is 5.75 Å². The predicted octanol–water partition coefficient (Wildman–Crippen LogP) is 4.61. The van der Waals surface area contributed by atoms with Crippen LogP contribution in [0.1, 0.15) is 25.7 Å². The minimum atomic E-state index is 0. The molecule has 2 aromatic rings. The van der Waals surface area contributed by atoms with Gasteiger partial charge in [-0.05, 0) is 37.8 Å². The van der Waals surface area contributed by atoms with Gasteiger partial charge in [-0.3, -0.25) is 4.98 Å². The fourth-order valence-corrected chi connectivity index (χ4v) is 1.94. The average molecular weight is 356 g/mol. The van der Waals surface area contributed by atoms with Crippen LogP contribution in [0.15, 0.2) is 60.8 Å². The van der Waals surface area contributed by atoms with Gasteiger partial charge in [-0.15, -0.1) is 0 Å². The molecule has 0 saturated heterocycles. The van der Waals surface area contributed by atoms with E-state index in [0.717, 1.165) is 5.39 Å². The number of benzene rings is 1. The van der Waals surface area contributed by atoms with E-state index < -0.39 is 0 Å². The van der Waals surface area contributed by atoms with Crippen molar-refractivity contribution in [2.24, 2.45) is 0 Å². The first-order valence-corrected chi connectivity index (χ1v) is 6.70. The van der Waals surface area contributed by atoms with Gasteiger partial charge in [0.05, 0.1) is 0 Å². The summed E-state index contributed by atoms with van der Waals surface area (Å²) in [4.78, 5) is 4.03. The van der Waals surface area contributed by atoms with Gasteiger partial charge in [-0.2, -0.15) is 0 Å². The maximum atomic E-state index is 9.31. The molecule has 1 aromatic carbocycles. The Balaban J connectivity index is 0.000000200. The number of aromatic hydroxyl groups is 1. The molecule has 0 aliphatic heterocycles. The Morgan fingerprint density at radius 2 is 1.35 bits per heavy atom. The van der Waals surface area contributed by atoms with Crippen molar-refractivity contribution in [3.63, 3.8) is 0 Å². The van der Waals surface area contributed by atoms with E-state index in [1.54, 1.807) is 18.3 Å². The monoisotopic (exact) mass is 356 g/mol. The average Bonchev–Trinajstić information content (AvgIpc) is 2.39. The van der Waals surface area contributed by atoms with E-state index in [2.05, 4.69) is 29.3 Å². The second kappa shape index (κ2) is 9.44. The standard InChI is InChI=1S/C9H7NO.C8H12.Rh/c11-8-5-1-3-7-4-2-6-10-9(7)8;1-2-4-6-8-7-5-3-1;/h1-6,11H;1-2,7-8H,3-6H2;. The predicted molar refractivity (Wildman–Crippen MR) is 80.2 cm³/mol. The number of nitrogens with zero attached hydrogens (tertiary/aromatic N) is 1. The largest absolute Gasteiger partial charge is 0.506 e. The molecule has 20 heavy (non-hydrogen) atoms. The molecule has 1 aliphatic carbocycles. The second-order valence-corrected chi connectivity index (χ2v) is 4.45. The molecule has 107 valence electrons. The Labute approximate surface area is 133 Å². The normalized spacial score (nSPS) is 13.6. The summed E-state index contributed by atoms with van der Waals surface area (Å²) >= 11 is 0. The number of phenolic OH excluding ortho intramolecular Hbond substituents is 1. The molecule has 0 bridgehead atoms. The third kappa shape index (κ3) is 5.26. The number of hydrogen-bond acceptors (Lipinski definition) is 2. The van der Waals surface area contributed by atoms with E-state index in [9.17, 15) is 5.11 Å². The van der Waals surface area contributed by atoms with Crippen LogP contribution < -0.4 is 0 Å². The van der Waals surface area contributed by atoms with Crippen molar-refractivity contribution in [2.75, 3.05) is 0 Å². The molecule has 2 nitrogen and oxygen atoms in total. The Morgan fingerprint density at radius 1 is 0.800 bits per heavy atom. The SMILES string of the molecule is C1=CCCC=CCC1.Oc1cccc2cccnc12.[Rh]. The molecule has 3 heteroatoms. The number of aromatic nitrogens is 1. The third-order valence-electron chi connectivity index (χ3n) is 2.94. The van der Waals surface area contributed by atoms with Crippen LogP contribution in [-0.2, 0) is 19.5 Å². The summed E-state index contributed by atoms with van der Waals surface area (Å²) in [5, 5.41) is 10.3. The molecule has 0 fully saturated rings. The van der Waals surface area contributed by atoms with Crippen LogP contribution >= 0.6 is 0 Å². The fourth-order valence-electron chi connectivity index (χ4n) is 1.94. The number of hydrogen-bond donors (Lipinski definition) is 1. The summed E-state index contributed by atoms with van der Waals surface area (Å²) in [5.74, 6) is 0.239. The van der Waals surface area contributed by atoms with Crippen molar-refractivity contribution in [2.45, 2.75) is 25.7 Å². The number of rotatable bonds is 0. The van der Waals surface area contributed by atoms with Crippen molar-refractivity contribution in [1.29, 1.82) is 0 Å². The van der Waals surface area contributed by atoms with Gasteiger partial charge >= 0.3 is 0 Å². The Hall–Kier alpha value is -1.47. The number of fused-ring (bicyclic) bond motifs is 1. The number of pyridine rings is 1. The second-order valence-electron chi connectivity index (χ2n) is 4.45. The van der Waals surface area contributed by atoms with E-state index in [1.165, 1.54) is 25.7 Å². The van der Waals surface area contributed by atoms with Crippen LogP contribution in [0.25, 0.3) is 10.9 Å². The summed E-state index contributed by atoms with van der Waals surface area (Å²) in [6.45, 7) is 0. The molecule has 0 spiro atoms. The summed E-state index contributed by atoms with van der Waals surface area (Å²) in [6, 6.07) is 9.13. The molecular weight excluding hydrogens is 337 g/mol. The minimum absolute atomic E-state index is 0. The van der Waals surface area contributed by atoms with E-state index in [4.69, 9.17) is 0 Å². The van der Waals surface area contributed by atoms with E-state index in [0.29, 0.717) is 5.52 Å². The van der Waals surface area contributed by atoms with Gasteiger partial charge in [-0.1, -0.05) is 42.5 Å². The fraction of sp³-hybridized carbons (Fsp3) is 0.235. The summed E-state index contributed by atoms with van der Waals surface area (Å²) < 4.78 is 0. The van der Waals surface area contributed by atoms with Gasteiger partial charge < -0.3 is 5.11 Å². The number of para-hydroxylation sites is 1. The molecule has 0 atom stereocenters. The van der Waals surface area contributed by atoms with Crippen LogP contribution in [0.5, 0.6) is 5.75 Å². The molecular formula is C17H19NORh. The first-order chi connectivity index (χ1) is 9.38. The van der Waals surface area contributed by atoms with Crippen molar-refractivity contribution >= 4 is 10.9 Å². The van der Waals surface area contributed by atoms with Crippen molar-refractivity contribution < 1.29 is 24.6 Å². The molecule has 0 amide bonds. The van der Waals surface area contributed by atoms with Gasteiger partial charge in [0.1, 0.15) is 11.3 Å². The Morgan fingerprint density at radius 3 is 1.90 bits per heavy atom. The van der Waals surface area contributed by atoms with Crippen molar-refractivity contribution in [1.82, 2.24) is 4.98 Å². The molecule has 1 heterocycles. The summed E-state index contributed by atoms with van der Waals surface area (Å²) in [5.41, 5.74) is 0.662. The van der Waals surface area contributed by atoms with Gasteiger partial charge in [0.25, 0.3) is 0 Å². The third-order valence-corrected chi connectivity index (χ3v) is 2.94. The van der Waals surface area contributed by atoms with Crippen LogP contribution in [0.2, 0.25) is 0 Å². The van der Waals surface area contributed by atoms with Crippen LogP contribution in [0.4, 0.5) is 0 Å². The van der Waals surface area contributed by atoms with Gasteiger partial charge in [-0.25, -0.2) is 0 Å². The summed E-state index contributed by atoms with van der Waals surface area (Å²) in [7, 11) is 0. The van der Waals surface area contributed by atoms with Crippen molar-refractivity contribution in [3.05, 3.63) is 60.8 Å². The van der Waals surface area contributed by atoms with E-state index in [-0.39, 0.29) is 25.2 Å². The Bertz CT molecular complexity index is 547. The Kier molecular flexibility index (Phi) is 7.83.